The first-order valence-electron chi connectivity index (χ1n) is 15.7. The average Bonchev–Trinajstić information content (AvgIpc) is 2.95. The Morgan fingerprint density at radius 3 is 1.82 bits per heavy atom. The van der Waals surface area contributed by atoms with Crippen LogP contribution in [0.25, 0.3) is 0 Å². The molecule has 2 N–H and O–H groups in total. The highest BCUT2D eigenvalue weighted by Crippen LogP contribution is 2.40. The van der Waals surface area contributed by atoms with Crippen molar-refractivity contribution in [3.8, 4) is 0 Å². The van der Waals surface area contributed by atoms with Crippen LogP contribution in [0.1, 0.15) is 73.6 Å². The first kappa shape index (κ1) is 37.4. The van der Waals surface area contributed by atoms with Crippen molar-refractivity contribution in [1.82, 2.24) is 0 Å². The molecule has 2 aromatic carbocycles. The Morgan fingerprint density at radius 2 is 1.39 bits per heavy atom. The van der Waals surface area contributed by atoms with E-state index in [1.54, 1.807) is 0 Å². The van der Waals surface area contributed by atoms with Crippen LogP contribution >= 0.6 is 0 Å². The number of unbranched alkanes of at least 4 members (excludes halogenated alkanes) is 1. The molecule has 1 amide bonds. The Bertz CT molecular complexity index is 1160. The lowest BCUT2D eigenvalue weighted by Gasteiger charge is -2.45. The van der Waals surface area contributed by atoms with Crippen molar-refractivity contribution in [1.29, 1.82) is 0 Å². The van der Waals surface area contributed by atoms with Gasteiger partial charge in [0, 0.05) is 6.42 Å². The van der Waals surface area contributed by atoms with Crippen LogP contribution in [-0.2, 0) is 18.4 Å². The molecule has 6 nitrogen and oxygen atoms in total. The summed E-state index contributed by atoms with van der Waals surface area (Å²) in [4.78, 5) is 23.4. The van der Waals surface area contributed by atoms with Crippen molar-refractivity contribution < 1.29 is 23.2 Å². The van der Waals surface area contributed by atoms with Crippen molar-refractivity contribution in [2.24, 2.45) is 5.73 Å². The lowest BCUT2D eigenvalue weighted by Crippen LogP contribution is -2.68. The number of amides is 1. The summed E-state index contributed by atoms with van der Waals surface area (Å²) < 4.78 is 20.1. The van der Waals surface area contributed by atoms with Crippen molar-refractivity contribution in [2.75, 3.05) is 0 Å². The third kappa shape index (κ3) is 10.1. The van der Waals surface area contributed by atoms with E-state index in [1.165, 1.54) is 0 Å². The van der Waals surface area contributed by atoms with Gasteiger partial charge >= 0.3 is 6.09 Å². The molecule has 0 aliphatic rings. The monoisotopic (exact) mass is 637 g/mol. The Hall–Kier alpha value is -2.79. The van der Waals surface area contributed by atoms with Crippen LogP contribution in [0.3, 0.4) is 0 Å². The van der Waals surface area contributed by atoms with E-state index in [2.05, 4.69) is 91.6 Å². The molecule has 0 radical (unpaired) electrons. The molecule has 0 saturated heterocycles. The number of nitrogens with two attached hydrogens (primary N) is 1. The first-order chi connectivity index (χ1) is 20.6. The van der Waals surface area contributed by atoms with Crippen LogP contribution in [0.4, 0.5) is 4.79 Å². The summed E-state index contributed by atoms with van der Waals surface area (Å²) in [6.07, 6.45) is 7.49. The molecule has 0 aliphatic carbocycles. The predicted octanol–water partition coefficient (Wildman–Crippen LogP) is 7.68. The number of hydrogen-bond donors (Lipinski definition) is 1. The van der Waals surface area contributed by atoms with Gasteiger partial charge in [-0.05, 0) is 59.2 Å². The van der Waals surface area contributed by atoms with Gasteiger partial charge in [-0.15, -0.1) is 6.58 Å². The molecule has 44 heavy (non-hydrogen) atoms. The zero-order valence-corrected chi connectivity index (χ0v) is 30.2. The minimum Gasteiger partial charge on any atom is -0.443 e. The number of hydrogen-bond acceptors (Lipinski definition) is 5. The van der Waals surface area contributed by atoms with Crippen LogP contribution in [0.2, 0.25) is 23.2 Å². The third-order valence-electron chi connectivity index (χ3n) is 8.60. The van der Waals surface area contributed by atoms with E-state index in [0.717, 1.165) is 16.7 Å². The minimum atomic E-state index is -3.03. The van der Waals surface area contributed by atoms with E-state index in [-0.39, 0.29) is 16.2 Å². The highest BCUT2D eigenvalue weighted by Gasteiger charge is 2.52. The van der Waals surface area contributed by atoms with E-state index in [9.17, 15) is 9.59 Å². The molecule has 2 rings (SSSR count). The van der Waals surface area contributed by atoms with Crippen molar-refractivity contribution >= 4 is 39.4 Å². The topological polar surface area (TPSA) is 87.9 Å². The number of benzene rings is 2. The number of allylic oxidation sites excluding steroid dienone is 1. The van der Waals surface area contributed by atoms with Gasteiger partial charge in [0.25, 0.3) is 8.32 Å². The maximum Gasteiger partial charge on any atom is 0.404 e. The van der Waals surface area contributed by atoms with E-state index in [4.69, 9.17) is 19.3 Å². The quantitative estimate of drug-likeness (QED) is 0.0832. The molecule has 0 unspecified atom stereocenters. The van der Waals surface area contributed by atoms with Gasteiger partial charge in [0.1, 0.15) is 18.5 Å². The zero-order valence-electron chi connectivity index (χ0n) is 28.2. The predicted molar refractivity (Wildman–Crippen MR) is 188 cm³/mol. The van der Waals surface area contributed by atoms with Gasteiger partial charge in [-0.2, -0.15) is 0 Å². The lowest BCUT2D eigenvalue weighted by molar-refractivity contribution is -0.108. The molecule has 0 fully saturated rings. The number of ether oxygens (including phenoxy) is 1. The molecular weight excluding hydrogens is 583 g/mol. The van der Waals surface area contributed by atoms with Crippen LogP contribution in [-0.4, -0.2) is 47.3 Å². The van der Waals surface area contributed by atoms with Gasteiger partial charge < -0.3 is 24.1 Å². The van der Waals surface area contributed by atoms with Crippen LogP contribution in [0.5, 0.6) is 0 Å². The molecular formula is C36H55NO5Si2. The SMILES string of the molecule is C=CCC[C@H](OC(N)=O)[C@H](/C=C/[C@H](CCCC=O)O[Si](C)(C)C(C)(C)C)O[Si](c1ccccc1)(c1ccccc1)C(C)(C)C. The lowest BCUT2D eigenvalue weighted by atomic mass is 10.1. The highest BCUT2D eigenvalue weighted by atomic mass is 28.4. The highest BCUT2D eigenvalue weighted by molar-refractivity contribution is 6.99. The van der Waals surface area contributed by atoms with Gasteiger partial charge in [-0.1, -0.05) is 120 Å². The maximum absolute atomic E-state index is 12.2. The molecule has 0 spiro atoms. The van der Waals surface area contributed by atoms with Gasteiger partial charge in [0.2, 0.25) is 0 Å². The Morgan fingerprint density at radius 1 is 0.841 bits per heavy atom. The standard InChI is InChI=1S/C36H55NO5Si2/c1-10-11-25-32(40-34(37)39)33(27-26-29(20-18-19-28-38)41-43(8,9)35(2,3)4)42-44(36(5,6)7,30-21-14-12-15-22-30)31-23-16-13-17-24-31/h10,12-17,21-24,26-29,32-33H,1,11,18-20,25H2,2-9H3,(H2,37,39)/b27-26+/t29-,32-,33-/m0/s1. The Labute approximate surface area is 268 Å². The third-order valence-corrected chi connectivity index (χ3v) is 18.1. The van der Waals surface area contributed by atoms with E-state index < -0.39 is 34.9 Å². The summed E-state index contributed by atoms with van der Waals surface area (Å²) in [6.45, 7) is 21.7. The number of carbonyl (C=O) groups is 2. The van der Waals surface area contributed by atoms with Crippen LogP contribution in [0.15, 0.2) is 85.5 Å². The summed E-state index contributed by atoms with van der Waals surface area (Å²) in [6, 6.07) is 20.8. The van der Waals surface area contributed by atoms with E-state index in [1.807, 2.05) is 48.6 Å². The molecule has 0 aromatic heterocycles. The number of primary amides is 1. The summed E-state index contributed by atoms with van der Waals surface area (Å²) in [5.74, 6) is 0. The number of aldehydes is 1. The second kappa shape index (κ2) is 16.5. The summed E-state index contributed by atoms with van der Waals surface area (Å²) in [7, 11) is -5.18. The van der Waals surface area contributed by atoms with Crippen molar-refractivity contribution in [3.05, 3.63) is 85.5 Å². The Balaban J connectivity index is 2.77. The fourth-order valence-corrected chi connectivity index (χ4v) is 11.2. The van der Waals surface area contributed by atoms with E-state index >= 15 is 0 Å². The summed E-state index contributed by atoms with van der Waals surface area (Å²) >= 11 is 0. The molecule has 2 aromatic rings. The number of carbonyl (C=O) groups excluding carboxylic acids is 2. The maximum atomic E-state index is 12.2. The van der Waals surface area contributed by atoms with Gasteiger partial charge in [0.15, 0.2) is 8.32 Å². The molecule has 8 heteroatoms. The second-order valence-electron chi connectivity index (χ2n) is 14.0. The fourth-order valence-electron chi connectivity index (χ4n) is 5.24. The fraction of sp³-hybridized carbons (Fsp3) is 0.500. The summed E-state index contributed by atoms with van der Waals surface area (Å²) in [5, 5.41) is 1.96. The second-order valence-corrected chi connectivity index (χ2v) is 23.0. The van der Waals surface area contributed by atoms with Crippen molar-refractivity contribution in [2.45, 2.75) is 115 Å². The zero-order chi connectivity index (χ0) is 33.0. The van der Waals surface area contributed by atoms with Crippen LogP contribution in [0, 0.1) is 0 Å². The summed E-state index contributed by atoms with van der Waals surface area (Å²) in [5.41, 5.74) is 5.64. The molecule has 0 saturated carbocycles. The molecule has 242 valence electrons. The molecule has 0 heterocycles. The minimum absolute atomic E-state index is 0.0101. The molecule has 3 atom stereocenters. The van der Waals surface area contributed by atoms with Gasteiger partial charge in [-0.25, -0.2) is 4.79 Å². The number of rotatable bonds is 17. The normalized spacial score (nSPS) is 15.0. The largest absolute Gasteiger partial charge is 0.443 e. The van der Waals surface area contributed by atoms with Gasteiger partial charge in [-0.3, -0.25) is 0 Å². The molecule has 0 bridgehead atoms. The molecule has 0 aliphatic heterocycles. The first-order valence-corrected chi connectivity index (χ1v) is 20.6. The van der Waals surface area contributed by atoms with Crippen molar-refractivity contribution in [3.63, 3.8) is 0 Å². The van der Waals surface area contributed by atoms with Gasteiger partial charge in [0.05, 0.1) is 6.10 Å². The van der Waals surface area contributed by atoms with E-state index in [0.29, 0.717) is 32.1 Å². The average molecular weight is 638 g/mol. The van der Waals surface area contributed by atoms with Crippen LogP contribution < -0.4 is 16.1 Å². The smallest absolute Gasteiger partial charge is 0.404 e. The Kier molecular flexibility index (Phi) is 14.0.